The number of nitrogens with one attached hydrogen (secondary N) is 1. The van der Waals surface area contributed by atoms with Gasteiger partial charge >= 0.3 is 0 Å². The van der Waals surface area contributed by atoms with E-state index in [1.807, 2.05) is 19.1 Å². The molecule has 15 heavy (non-hydrogen) atoms. The number of carbonyl (C=O) groups excluding carboxylic acids is 1. The molecule has 2 rings (SSSR count). The molecule has 0 aromatic carbocycles. The minimum absolute atomic E-state index is 0.130. The Hall–Kier alpha value is -1.29. The maximum Gasteiger partial charge on any atom is 0.247 e. The van der Waals surface area contributed by atoms with Crippen LogP contribution in [0.15, 0.2) is 16.5 Å². The Morgan fingerprint density at radius 2 is 2.13 bits per heavy atom. The normalized spacial score (nSPS) is 19.1. The van der Waals surface area contributed by atoms with E-state index in [0.717, 1.165) is 37.2 Å². The first-order valence-electron chi connectivity index (χ1n) is 5.27. The Bertz CT molecular complexity index is 364. The van der Waals surface area contributed by atoms with Crippen molar-refractivity contribution in [2.24, 2.45) is 5.84 Å². The zero-order valence-electron chi connectivity index (χ0n) is 8.88. The number of furan rings is 1. The fourth-order valence-electron chi connectivity index (χ4n) is 2.39. The van der Waals surface area contributed by atoms with Crippen LogP contribution in [0.5, 0.6) is 0 Å². The van der Waals surface area contributed by atoms with Crippen molar-refractivity contribution in [1.82, 2.24) is 5.43 Å². The van der Waals surface area contributed by atoms with Gasteiger partial charge in [0.05, 0.1) is 0 Å². The minimum Gasteiger partial charge on any atom is -0.465 e. The number of carbonyl (C=O) groups is 1. The van der Waals surface area contributed by atoms with E-state index in [2.05, 4.69) is 5.43 Å². The first-order chi connectivity index (χ1) is 7.19. The third-order valence-electron chi connectivity index (χ3n) is 3.23. The van der Waals surface area contributed by atoms with Crippen molar-refractivity contribution in [3.8, 4) is 0 Å². The molecule has 0 saturated heterocycles. The number of hydrazine groups is 1. The molecule has 1 heterocycles. The molecule has 1 aromatic rings. The number of rotatable bonds is 2. The van der Waals surface area contributed by atoms with E-state index in [0.29, 0.717) is 0 Å². The SMILES string of the molecule is Cc1ccc(C2(C(=O)NN)CCCC2)o1. The molecule has 0 aliphatic heterocycles. The maximum absolute atomic E-state index is 11.8. The monoisotopic (exact) mass is 208 g/mol. The molecule has 0 unspecified atom stereocenters. The highest BCUT2D eigenvalue weighted by molar-refractivity contribution is 5.87. The summed E-state index contributed by atoms with van der Waals surface area (Å²) in [6.45, 7) is 1.88. The van der Waals surface area contributed by atoms with Crippen LogP contribution in [0.3, 0.4) is 0 Å². The van der Waals surface area contributed by atoms with Crippen molar-refractivity contribution >= 4 is 5.91 Å². The first-order valence-corrected chi connectivity index (χ1v) is 5.27. The summed E-state index contributed by atoms with van der Waals surface area (Å²) in [5.41, 5.74) is 1.73. The smallest absolute Gasteiger partial charge is 0.247 e. The van der Waals surface area contributed by atoms with Crippen LogP contribution in [0, 0.1) is 6.92 Å². The lowest BCUT2D eigenvalue weighted by atomic mass is 9.83. The average Bonchev–Trinajstić information content (AvgIpc) is 2.85. The molecule has 0 atom stereocenters. The summed E-state index contributed by atoms with van der Waals surface area (Å²) in [4.78, 5) is 11.8. The third kappa shape index (κ3) is 1.55. The summed E-state index contributed by atoms with van der Waals surface area (Å²) in [5, 5.41) is 0. The van der Waals surface area contributed by atoms with E-state index in [1.54, 1.807) is 0 Å². The van der Waals surface area contributed by atoms with E-state index < -0.39 is 5.41 Å². The molecule has 1 saturated carbocycles. The Morgan fingerprint density at radius 3 is 2.60 bits per heavy atom. The molecule has 82 valence electrons. The van der Waals surface area contributed by atoms with E-state index in [9.17, 15) is 4.79 Å². The summed E-state index contributed by atoms with van der Waals surface area (Å²) in [6.07, 6.45) is 3.74. The second-order valence-corrected chi connectivity index (χ2v) is 4.17. The molecule has 3 N–H and O–H groups in total. The highest BCUT2D eigenvalue weighted by Crippen LogP contribution is 2.41. The minimum atomic E-state index is -0.525. The Labute approximate surface area is 88.8 Å². The largest absolute Gasteiger partial charge is 0.465 e. The summed E-state index contributed by atoms with van der Waals surface area (Å²) in [5.74, 6) is 6.69. The second kappa shape index (κ2) is 3.70. The fraction of sp³-hybridized carbons (Fsp3) is 0.545. The summed E-state index contributed by atoms with van der Waals surface area (Å²) >= 11 is 0. The van der Waals surface area contributed by atoms with E-state index in [1.165, 1.54) is 0 Å². The zero-order chi connectivity index (χ0) is 10.9. The topological polar surface area (TPSA) is 68.3 Å². The molecule has 1 amide bonds. The molecular formula is C11H16N2O2. The van der Waals surface area contributed by atoms with Crippen molar-refractivity contribution < 1.29 is 9.21 Å². The standard InChI is InChI=1S/C11H16N2O2/c1-8-4-5-9(15-8)11(10(14)13-12)6-2-3-7-11/h4-5H,2-3,6-7,12H2,1H3,(H,13,14). The second-order valence-electron chi connectivity index (χ2n) is 4.17. The molecule has 0 bridgehead atoms. The van der Waals surface area contributed by atoms with Gasteiger partial charge in [-0.3, -0.25) is 10.2 Å². The molecule has 1 aliphatic carbocycles. The van der Waals surface area contributed by atoms with Crippen molar-refractivity contribution in [1.29, 1.82) is 0 Å². The Balaban J connectivity index is 2.38. The van der Waals surface area contributed by atoms with Gasteiger partial charge in [0.2, 0.25) is 5.91 Å². The van der Waals surface area contributed by atoms with Crippen molar-refractivity contribution in [3.63, 3.8) is 0 Å². The molecule has 4 heteroatoms. The van der Waals surface area contributed by atoms with Crippen LogP contribution < -0.4 is 11.3 Å². The molecule has 0 spiro atoms. The third-order valence-corrected chi connectivity index (χ3v) is 3.23. The van der Waals surface area contributed by atoms with Gasteiger partial charge in [-0.25, -0.2) is 5.84 Å². The number of aryl methyl sites for hydroxylation is 1. The first kappa shape index (κ1) is 10.2. The molecular weight excluding hydrogens is 192 g/mol. The van der Waals surface area contributed by atoms with Crippen LogP contribution in [0.1, 0.15) is 37.2 Å². The van der Waals surface area contributed by atoms with Crippen LogP contribution in [0.2, 0.25) is 0 Å². The lowest BCUT2D eigenvalue weighted by Gasteiger charge is -2.23. The number of hydrogen-bond acceptors (Lipinski definition) is 3. The van der Waals surface area contributed by atoms with Crippen LogP contribution in [0.4, 0.5) is 0 Å². The van der Waals surface area contributed by atoms with Gasteiger partial charge in [0.15, 0.2) is 0 Å². The van der Waals surface area contributed by atoms with Gasteiger partial charge in [0.1, 0.15) is 16.9 Å². The Morgan fingerprint density at radius 1 is 1.47 bits per heavy atom. The van der Waals surface area contributed by atoms with Gasteiger partial charge in [-0.15, -0.1) is 0 Å². The van der Waals surface area contributed by atoms with Gasteiger partial charge in [-0.05, 0) is 31.9 Å². The number of nitrogens with two attached hydrogens (primary N) is 1. The predicted molar refractivity (Wildman–Crippen MR) is 55.9 cm³/mol. The molecule has 1 fully saturated rings. The molecule has 1 aromatic heterocycles. The summed E-state index contributed by atoms with van der Waals surface area (Å²) < 4.78 is 5.58. The van der Waals surface area contributed by atoms with Gasteiger partial charge in [0, 0.05) is 0 Å². The summed E-state index contributed by atoms with van der Waals surface area (Å²) in [6, 6.07) is 3.77. The quantitative estimate of drug-likeness (QED) is 0.438. The van der Waals surface area contributed by atoms with Gasteiger partial charge in [-0.2, -0.15) is 0 Å². The lowest BCUT2D eigenvalue weighted by molar-refractivity contribution is -0.127. The fourth-order valence-corrected chi connectivity index (χ4v) is 2.39. The summed E-state index contributed by atoms with van der Waals surface area (Å²) in [7, 11) is 0. The highest BCUT2D eigenvalue weighted by Gasteiger charge is 2.44. The molecule has 1 aliphatic rings. The van der Waals surface area contributed by atoms with Crippen molar-refractivity contribution in [2.75, 3.05) is 0 Å². The Kier molecular flexibility index (Phi) is 2.52. The van der Waals surface area contributed by atoms with Crippen LogP contribution in [0.25, 0.3) is 0 Å². The van der Waals surface area contributed by atoms with Crippen molar-refractivity contribution in [2.45, 2.75) is 38.0 Å². The number of amides is 1. The van der Waals surface area contributed by atoms with Gasteiger partial charge in [-0.1, -0.05) is 12.8 Å². The van der Waals surface area contributed by atoms with Crippen LogP contribution >= 0.6 is 0 Å². The van der Waals surface area contributed by atoms with E-state index >= 15 is 0 Å². The number of hydrogen-bond donors (Lipinski definition) is 2. The van der Waals surface area contributed by atoms with Crippen LogP contribution in [-0.2, 0) is 10.2 Å². The van der Waals surface area contributed by atoms with Crippen LogP contribution in [-0.4, -0.2) is 5.91 Å². The van der Waals surface area contributed by atoms with Gasteiger partial charge in [0.25, 0.3) is 0 Å². The predicted octanol–water partition coefficient (Wildman–Crippen LogP) is 1.39. The highest BCUT2D eigenvalue weighted by atomic mass is 16.3. The lowest BCUT2D eigenvalue weighted by Crippen LogP contribution is -2.45. The van der Waals surface area contributed by atoms with Crippen molar-refractivity contribution in [3.05, 3.63) is 23.7 Å². The average molecular weight is 208 g/mol. The van der Waals surface area contributed by atoms with E-state index in [-0.39, 0.29) is 5.91 Å². The van der Waals surface area contributed by atoms with Gasteiger partial charge < -0.3 is 4.42 Å². The van der Waals surface area contributed by atoms with E-state index in [4.69, 9.17) is 10.3 Å². The molecule has 4 nitrogen and oxygen atoms in total. The zero-order valence-corrected chi connectivity index (χ0v) is 8.88. The molecule has 0 radical (unpaired) electrons. The maximum atomic E-state index is 11.8.